The average Bonchev–Trinajstić information content (AvgIpc) is 2.42. The first-order valence-electron chi connectivity index (χ1n) is 6.97. The van der Waals surface area contributed by atoms with Crippen molar-refractivity contribution in [2.75, 3.05) is 5.73 Å². The highest BCUT2D eigenvalue weighted by atomic mass is 35.5. The molecule has 5 N–H and O–H groups in total. The van der Waals surface area contributed by atoms with Gasteiger partial charge in [0.25, 0.3) is 0 Å². The number of benzene rings is 1. The quantitative estimate of drug-likeness (QED) is 0.735. The van der Waals surface area contributed by atoms with E-state index >= 15 is 0 Å². The van der Waals surface area contributed by atoms with Crippen LogP contribution in [0.5, 0.6) is 0 Å². The molecule has 1 aliphatic rings. The molecule has 0 atom stereocenters. The minimum absolute atomic E-state index is 0. The molecule has 2 amide bonds. The van der Waals surface area contributed by atoms with Crippen LogP contribution < -0.4 is 16.8 Å². The number of carbonyl (C=O) groups excluding carboxylic acids is 2. The topological polar surface area (TPSA) is 98.2 Å². The number of nitrogens with one attached hydrogen (secondary N) is 1. The number of amides is 2. The summed E-state index contributed by atoms with van der Waals surface area (Å²) in [6.45, 7) is 0. The molecule has 0 unspecified atom stereocenters. The van der Waals surface area contributed by atoms with E-state index in [0.717, 1.165) is 24.8 Å². The lowest BCUT2D eigenvalue weighted by Crippen LogP contribution is -2.58. The number of hydrogen-bond acceptors (Lipinski definition) is 3. The molecule has 0 heterocycles. The van der Waals surface area contributed by atoms with Gasteiger partial charge in [-0.2, -0.15) is 0 Å². The van der Waals surface area contributed by atoms with Crippen LogP contribution in [0.15, 0.2) is 24.3 Å². The lowest BCUT2D eigenvalue weighted by atomic mass is 9.81. The molecule has 2 rings (SSSR count). The lowest BCUT2D eigenvalue weighted by Gasteiger charge is -2.35. The van der Waals surface area contributed by atoms with E-state index in [1.165, 1.54) is 0 Å². The van der Waals surface area contributed by atoms with Gasteiger partial charge in [0.15, 0.2) is 0 Å². The van der Waals surface area contributed by atoms with Gasteiger partial charge in [0, 0.05) is 5.69 Å². The third-order valence-electron chi connectivity index (χ3n) is 3.90. The Morgan fingerprint density at radius 3 is 2.19 bits per heavy atom. The van der Waals surface area contributed by atoms with E-state index in [0.29, 0.717) is 18.5 Å². The minimum Gasteiger partial charge on any atom is -0.399 e. The van der Waals surface area contributed by atoms with E-state index in [1.54, 1.807) is 12.1 Å². The molecule has 0 spiro atoms. The third-order valence-corrected chi connectivity index (χ3v) is 3.90. The number of rotatable bonds is 4. The molecule has 0 bridgehead atoms. The Labute approximate surface area is 130 Å². The van der Waals surface area contributed by atoms with Crippen LogP contribution in [0.2, 0.25) is 0 Å². The van der Waals surface area contributed by atoms with E-state index in [-0.39, 0.29) is 24.7 Å². The van der Waals surface area contributed by atoms with Gasteiger partial charge < -0.3 is 16.8 Å². The molecule has 6 heteroatoms. The SMILES string of the molecule is Cl.NC(=O)C1(NC(=O)Cc2ccc(N)cc2)CCCCC1. The summed E-state index contributed by atoms with van der Waals surface area (Å²) in [6.07, 6.45) is 4.43. The van der Waals surface area contributed by atoms with Gasteiger partial charge in [-0.3, -0.25) is 9.59 Å². The van der Waals surface area contributed by atoms with Crippen LogP contribution in [-0.2, 0) is 16.0 Å². The summed E-state index contributed by atoms with van der Waals surface area (Å²) in [5.41, 5.74) is 11.8. The fraction of sp³-hybridized carbons (Fsp3) is 0.467. The number of primary amides is 1. The Balaban J connectivity index is 0.00000220. The predicted octanol–water partition coefficient (Wildman–Crippen LogP) is 1.54. The molecule has 0 aliphatic heterocycles. The predicted molar refractivity (Wildman–Crippen MR) is 85.0 cm³/mol. The van der Waals surface area contributed by atoms with Gasteiger partial charge in [-0.1, -0.05) is 31.4 Å². The van der Waals surface area contributed by atoms with Gasteiger partial charge in [0.05, 0.1) is 6.42 Å². The van der Waals surface area contributed by atoms with Crippen molar-refractivity contribution in [3.63, 3.8) is 0 Å². The smallest absolute Gasteiger partial charge is 0.243 e. The largest absolute Gasteiger partial charge is 0.399 e. The summed E-state index contributed by atoms with van der Waals surface area (Å²) in [6, 6.07) is 7.14. The van der Waals surface area contributed by atoms with Crippen LogP contribution in [0.1, 0.15) is 37.7 Å². The molecular weight excluding hydrogens is 290 g/mol. The molecule has 1 aromatic carbocycles. The van der Waals surface area contributed by atoms with E-state index in [1.807, 2.05) is 12.1 Å². The van der Waals surface area contributed by atoms with Crippen molar-refractivity contribution in [2.45, 2.75) is 44.1 Å². The average molecular weight is 312 g/mol. The van der Waals surface area contributed by atoms with E-state index < -0.39 is 11.4 Å². The van der Waals surface area contributed by atoms with Crippen molar-refractivity contribution in [2.24, 2.45) is 5.73 Å². The highest BCUT2D eigenvalue weighted by Crippen LogP contribution is 2.28. The summed E-state index contributed by atoms with van der Waals surface area (Å²) < 4.78 is 0. The molecule has 5 nitrogen and oxygen atoms in total. The summed E-state index contributed by atoms with van der Waals surface area (Å²) in [7, 11) is 0. The molecule has 116 valence electrons. The zero-order valence-corrected chi connectivity index (χ0v) is 12.7. The van der Waals surface area contributed by atoms with Gasteiger partial charge in [-0.05, 0) is 30.5 Å². The first kappa shape index (κ1) is 17.3. The lowest BCUT2D eigenvalue weighted by molar-refractivity contribution is -0.132. The van der Waals surface area contributed by atoms with Gasteiger partial charge >= 0.3 is 0 Å². The van der Waals surface area contributed by atoms with E-state index in [9.17, 15) is 9.59 Å². The Kier molecular flexibility index (Phi) is 6.03. The van der Waals surface area contributed by atoms with Gasteiger partial charge in [-0.15, -0.1) is 12.4 Å². The molecule has 1 aliphatic carbocycles. The molecule has 21 heavy (non-hydrogen) atoms. The number of nitrogens with two attached hydrogens (primary N) is 2. The zero-order valence-electron chi connectivity index (χ0n) is 11.9. The maximum absolute atomic E-state index is 12.1. The van der Waals surface area contributed by atoms with Crippen molar-refractivity contribution >= 4 is 29.9 Å². The molecule has 1 fully saturated rings. The van der Waals surface area contributed by atoms with Crippen molar-refractivity contribution in [3.05, 3.63) is 29.8 Å². The highest BCUT2D eigenvalue weighted by molar-refractivity contribution is 5.91. The van der Waals surface area contributed by atoms with Crippen molar-refractivity contribution < 1.29 is 9.59 Å². The summed E-state index contributed by atoms with van der Waals surface area (Å²) in [5, 5.41) is 2.85. The monoisotopic (exact) mass is 311 g/mol. The first-order valence-corrected chi connectivity index (χ1v) is 6.97. The second-order valence-electron chi connectivity index (χ2n) is 5.47. The summed E-state index contributed by atoms with van der Waals surface area (Å²) in [5.74, 6) is -0.599. The molecule has 0 aromatic heterocycles. The van der Waals surface area contributed by atoms with Crippen LogP contribution in [0.4, 0.5) is 5.69 Å². The van der Waals surface area contributed by atoms with E-state index in [2.05, 4.69) is 5.32 Å². The Morgan fingerprint density at radius 2 is 1.67 bits per heavy atom. The van der Waals surface area contributed by atoms with Gasteiger partial charge in [0.2, 0.25) is 11.8 Å². The van der Waals surface area contributed by atoms with Crippen molar-refractivity contribution in [1.29, 1.82) is 0 Å². The number of hydrogen-bond donors (Lipinski definition) is 3. The van der Waals surface area contributed by atoms with Crippen LogP contribution in [0, 0.1) is 0 Å². The number of halogens is 1. The number of anilines is 1. The normalized spacial score (nSPS) is 16.6. The summed E-state index contributed by atoms with van der Waals surface area (Å²) >= 11 is 0. The van der Waals surface area contributed by atoms with Crippen molar-refractivity contribution in [3.8, 4) is 0 Å². The Morgan fingerprint density at radius 1 is 1.10 bits per heavy atom. The van der Waals surface area contributed by atoms with Crippen molar-refractivity contribution in [1.82, 2.24) is 5.32 Å². The highest BCUT2D eigenvalue weighted by Gasteiger charge is 2.38. The maximum atomic E-state index is 12.1. The minimum atomic E-state index is -0.858. The van der Waals surface area contributed by atoms with Crippen LogP contribution in [-0.4, -0.2) is 17.4 Å². The van der Waals surface area contributed by atoms with Crippen LogP contribution >= 0.6 is 12.4 Å². The van der Waals surface area contributed by atoms with Crippen LogP contribution in [0.3, 0.4) is 0 Å². The molecule has 0 saturated heterocycles. The molecule has 1 saturated carbocycles. The first-order chi connectivity index (χ1) is 9.52. The zero-order chi connectivity index (χ0) is 14.6. The molecule has 0 radical (unpaired) electrons. The third kappa shape index (κ3) is 4.36. The fourth-order valence-corrected chi connectivity index (χ4v) is 2.72. The summed E-state index contributed by atoms with van der Waals surface area (Å²) in [4.78, 5) is 23.8. The van der Waals surface area contributed by atoms with Gasteiger partial charge in [-0.25, -0.2) is 0 Å². The Bertz CT molecular complexity index is 496. The molecular formula is C15H22ClN3O2. The number of carbonyl (C=O) groups is 2. The second kappa shape index (κ2) is 7.31. The van der Waals surface area contributed by atoms with E-state index in [4.69, 9.17) is 11.5 Å². The van der Waals surface area contributed by atoms with Gasteiger partial charge in [0.1, 0.15) is 5.54 Å². The Hall–Kier alpha value is -1.75. The maximum Gasteiger partial charge on any atom is 0.243 e. The standard InChI is InChI=1S/C15H21N3O2.ClH/c16-12-6-4-11(5-7-12)10-13(19)18-15(14(17)20)8-2-1-3-9-15;/h4-7H,1-3,8-10,16H2,(H2,17,20)(H,18,19);1H. The second-order valence-corrected chi connectivity index (χ2v) is 5.47. The number of nitrogen functional groups attached to an aromatic ring is 1. The fourth-order valence-electron chi connectivity index (χ4n) is 2.72. The molecule has 1 aromatic rings. The van der Waals surface area contributed by atoms with Crippen LogP contribution in [0.25, 0.3) is 0 Å².